The number of carbonyl (C=O) groups is 1. The molecule has 26 heavy (non-hydrogen) atoms. The number of carboxylic acid groups (broad SMARTS) is 1. The van der Waals surface area contributed by atoms with Crippen molar-refractivity contribution in [2.24, 2.45) is 5.92 Å². The molecule has 2 aromatic rings. The van der Waals surface area contributed by atoms with Gasteiger partial charge >= 0.3 is 5.97 Å². The summed E-state index contributed by atoms with van der Waals surface area (Å²) in [5.41, 5.74) is 2.95. The summed E-state index contributed by atoms with van der Waals surface area (Å²) in [4.78, 5) is 15.3. The lowest BCUT2D eigenvalue weighted by Crippen LogP contribution is -2.19. The van der Waals surface area contributed by atoms with E-state index in [2.05, 4.69) is 28.5 Å². The van der Waals surface area contributed by atoms with Crippen molar-refractivity contribution in [3.05, 3.63) is 53.2 Å². The molecule has 2 N–H and O–H groups in total. The Morgan fingerprint density at radius 2 is 2.15 bits per heavy atom. The first-order chi connectivity index (χ1) is 12.7. The summed E-state index contributed by atoms with van der Waals surface area (Å²) in [5, 5.41) is 12.4. The van der Waals surface area contributed by atoms with Crippen LogP contribution < -0.4 is 10.1 Å². The number of nitrogens with one attached hydrogen (secondary N) is 1. The van der Waals surface area contributed by atoms with Crippen LogP contribution in [0, 0.1) is 5.92 Å². The summed E-state index contributed by atoms with van der Waals surface area (Å²) >= 11 is 0. The molecule has 5 heteroatoms. The lowest BCUT2D eigenvalue weighted by molar-refractivity contribution is 0.0697. The Balaban J connectivity index is 1.46. The quantitative estimate of drug-likeness (QED) is 0.785. The summed E-state index contributed by atoms with van der Waals surface area (Å²) in [7, 11) is 0. The van der Waals surface area contributed by atoms with Crippen molar-refractivity contribution in [3.8, 4) is 5.75 Å². The molecule has 0 aliphatic heterocycles. The summed E-state index contributed by atoms with van der Waals surface area (Å²) < 4.78 is 6.08. The van der Waals surface area contributed by atoms with E-state index < -0.39 is 5.97 Å². The van der Waals surface area contributed by atoms with Crippen molar-refractivity contribution in [2.45, 2.75) is 38.0 Å². The molecule has 4 rings (SSSR count). The van der Waals surface area contributed by atoms with Gasteiger partial charge in [-0.1, -0.05) is 12.1 Å². The third-order valence-corrected chi connectivity index (χ3v) is 5.30. The molecule has 5 nitrogen and oxygen atoms in total. The van der Waals surface area contributed by atoms with Gasteiger partial charge in [0.05, 0.1) is 12.2 Å². The van der Waals surface area contributed by atoms with E-state index in [9.17, 15) is 4.79 Å². The molecule has 1 unspecified atom stereocenters. The van der Waals surface area contributed by atoms with Crippen LogP contribution in [0.5, 0.6) is 5.75 Å². The molecule has 0 amide bonds. The molecular formula is C21H24N2O3. The molecule has 1 aromatic heterocycles. The zero-order chi connectivity index (χ0) is 17.9. The van der Waals surface area contributed by atoms with Crippen molar-refractivity contribution >= 4 is 11.8 Å². The number of aromatic nitrogens is 1. The van der Waals surface area contributed by atoms with Crippen LogP contribution >= 0.6 is 0 Å². The van der Waals surface area contributed by atoms with Crippen LogP contribution in [0.15, 0.2) is 36.5 Å². The van der Waals surface area contributed by atoms with E-state index >= 15 is 0 Å². The van der Waals surface area contributed by atoms with Crippen molar-refractivity contribution in [3.63, 3.8) is 0 Å². The second-order valence-electron chi connectivity index (χ2n) is 7.28. The minimum atomic E-state index is -0.934. The number of hydrogen-bond donors (Lipinski definition) is 2. The van der Waals surface area contributed by atoms with E-state index in [0.29, 0.717) is 11.7 Å². The van der Waals surface area contributed by atoms with Crippen LogP contribution in [0.2, 0.25) is 0 Å². The molecule has 0 radical (unpaired) electrons. The number of aromatic carboxylic acids is 1. The smallest absolute Gasteiger partial charge is 0.335 e. The topological polar surface area (TPSA) is 71.5 Å². The predicted octanol–water partition coefficient (Wildman–Crippen LogP) is 4.10. The number of anilines is 1. The molecule has 136 valence electrons. The largest absolute Gasteiger partial charge is 0.493 e. The Kier molecular flexibility index (Phi) is 4.78. The standard InChI is InChI=1S/C21H24N2O3/c24-21(25)15-9-10-22-20(11-15)23-12-16-3-1-5-18-17(16)4-2-6-19(18)26-13-14-7-8-14/h2,4,6,9-11,14,16H,1,3,5,7-8,12-13H2,(H,22,23)(H,24,25). The fourth-order valence-electron chi connectivity index (χ4n) is 3.64. The SMILES string of the molecule is O=C(O)c1ccnc(NCC2CCCc3c(OCC4CC4)cccc32)c1. The first-order valence-electron chi connectivity index (χ1n) is 9.38. The Hall–Kier alpha value is -2.56. The highest BCUT2D eigenvalue weighted by molar-refractivity contribution is 5.88. The Morgan fingerprint density at radius 1 is 1.27 bits per heavy atom. The highest BCUT2D eigenvalue weighted by Gasteiger charge is 2.25. The van der Waals surface area contributed by atoms with E-state index in [1.807, 2.05) is 0 Å². The average Bonchev–Trinajstić information content (AvgIpc) is 3.49. The summed E-state index contributed by atoms with van der Waals surface area (Å²) in [6.45, 7) is 1.58. The Labute approximate surface area is 153 Å². The van der Waals surface area contributed by atoms with Gasteiger partial charge in [-0.3, -0.25) is 0 Å². The second-order valence-corrected chi connectivity index (χ2v) is 7.28. The number of rotatable bonds is 7. The van der Waals surface area contributed by atoms with E-state index in [4.69, 9.17) is 9.84 Å². The van der Waals surface area contributed by atoms with Gasteiger partial charge in [0.2, 0.25) is 0 Å². The maximum atomic E-state index is 11.1. The number of pyridine rings is 1. The molecule has 1 fully saturated rings. The predicted molar refractivity (Wildman–Crippen MR) is 100 cm³/mol. The fourth-order valence-corrected chi connectivity index (χ4v) is 3.64. The van der Waals surface area contributed by atoms with Gasteiger partial charge in [0.15, 0.2) is 0 Å². The van der Waals surface area contributed by atoms with Gasteiger partial charge in [0.25, 0.3) is 0 Å². The van der Waals surface area contributed by atoms with Gasteiger partial charge in [-0.05, 0) is 67.3 Å². The monoisotopic (exact) mass is 352 g/mol. The molecule has 1 heterocycles. The van der Waals surface area contributed by atoms with E-state index in [1.54, 1.807) is 6.07 Å². The molecule has 1 aromatic carbocycles. The van der Waals surface area contributed by atoms with Crippen molar-refractivity contribution in [1.29, 1.82) is 0 Å². The molecular weight excluding hydrogens is 328 g/mol. The second kappa shape index (κ2) is 7.36. The van der Waals surface area contributed by atoms with Crippen LogP contribution in [0.25, 0.3) is 0 Å². The zero-order valence-corrected chi connectivity index (χ0v) is 14.8. The Morgan fingerprint density at radius 3 is 2.96 bits per heavy atom. The molecule has 0 bridgehead atoms. The van der Waals surface area contributed by atoms with E-state index in [-0.39, 0.29) is 5.56 Å². The molecule has 1 atom stereocenters. The van der Waals surface area contributed by atoms with Crippen molar-refractivity contribution < 1.29 is 14.6 Å². The third-order valence-electron chi connectivity index (χ3n) is 5.30. The van der Waals surface area contributed by atoms with Gasteiger partial charge in [-0.2, -0.15) is 0 Å². The number of carboxylic acids is 1. The molecule has 1 saturated carbocycles. The Bertz CT molecular complexity index is 802. The van der Waals surface area contributed by atoms with Gasteiger partial charge in [-0.25, -0.2) is 9.78 Å². The average molecular weight is 352 g/mol. The first kappa shape index (κ1) is 16.9. The normalized spacial score (nSPS) is 18.8. The minimum absolute atomic E-state index is 0.252. The van der Waals surface area contributed by atoms with Crippen LogP contribution in [-0.4, -0.2) is 29.2 Å². The molecule has 2 aliphatic rings. The highest BCUT2D eigenvalue weighted by Crippen LogP contribution is 2.38. The van der Waals surface area contributed by atoms with E-state index in [0.717, 1.165) is 44.1 Å². The first-order valence-corrected chi connectivity index (χ1v) is 9.38. The van der Waals surface area contributed by atoms with Gasteiger partial charge < -0.3 is 15.2 Å². The van der Waals surface area contributed by atoms with Crippen LogP contribution in [-0.2, 0) is 6.42 Å². The highest BCUT2D eigenvalue weighted by atomic mass is 16.5. The summed E-state index contributed by atoms with van der Waals surface area (Å²) in [6, 6.07) is 9.47. The van der Waals surface area contributed by atoms with Gasteiger partial charge in [-0.15, -0.1) is 0 Å². The number of hydrogen-bond acceptors (Lipinski definition) is 4. The van der Waals surface area contributed by atoms with Crippen molar-refractivity contribution in [2.75, 3.05) is 18.5 Å². The molecule has 2 aliphatic carbocycles. The lowest BCUT2D eigenvalue weighted by atomic mass is 9.82. The summed E-state index contributed by atoms with van der Waals surface area (Å²) in [6.07, 6.45) is 7.45. The third kappa shape index (κ3) is 3.82. The minimum Gasteiger partial charge on any atom is -0.493 e. The maximum Gasteiger partial charge on any atom is 0.335 e. The summed E-state index contributed by atoms with van der Waals surface area (Å²) in [5.74, 6) is 1.86. The van der Waals surface area contributed by atoms with Crippen LogP contribution in [0.4, 0.5) is 5.82 Å². The lowest BCUT2D eigenvalue weighted by Gasteiger charge is -2.27. The van der Waals surface area contributed by atoms with Crippen molar-refractivity contribution in [1.82, 2.24) is 4.98 Å². The van der Waals surface area contributed by atoms with Gasteiger partial charge in [0, 0.05) is 18.7 Å². The van der Waals surface area contributed by atoms with Gasteiger partial charge in [0.1, 0.15) is 11.6 Å². The number of nitrogens with zero attached hydrogens (tertiary/aromatic N) is 1. The molecule has 0 spiro atoms. The number of fused-ring (bicyclic) bond motifs is 1. The zero-order valence-electron chi connectivity index (χ0n) is 14.8. The van der Waals surface area contributed by atoms with E-state index in [1.165, 1.54) is 36.2 Å². The van der Waals surface area contributed by atoms with Crippen LogP contribution in [0.3, 0.4) is 0 Å². The number of ether oxygens (including phenoxy) is 1. The number of benzene rings is 1. The maximum absolute atomic E-state index is 11.1. The fraction of sp³-hybridized carbons (Fsp3) is 0.429. The van der Waals surface area contributed by atoms with Crippen LogP contribution in [0.1, 0.15) is 53.1 Å². The molecule has 0 saturated heterocycles.